The number of halogens is 1. The Hall–Kier alpha value is -2.23. The van der Waals surface area contributed by atoms with Crippen LogP contribution >= 0.6 is 23.4 Å². The zero-order chi connectivity index (χ0) is 16.9. The summed E-state index contributed by atoms with van der Waals surface area (Å²) in [5.74, 6) is 0.0743. The average Bonchev–Trinajstić information content (AvgIpc) is 2.57. The second kappa shape index (κ2) is 7.56. The minimum atomic E-state index is 0.0743. The van der Waals surface area contributed by atoms with E-state index < -0.39 is 0 Å². The van der Waals surface area contributed by atoms with E-state index in [-0.39, 0.29) is 5.75 Å². The van der Waals surface area contributed by atoms with Gasteiger partial charge in [0.05, 0.1) is 0 Å². The van der Waals surface area contributed by atoms with Crippen LogP contribution in [0.4, 0.5) is 5.69 Å². The van der Waals surface area contributed by atoms with Crippen molar-refractivity contribution >= 4 is 35.3 Å². The van der Waals surface area contributed by atoms with Gasteiger partial charge in [-0.1, -0.05) is 53.2 Å². The molecule has 0 heterocycles. The molecule has 0 aliphatic heterocycles. The Morgan fingerprint density at radius 2 is 1.54 bits per heavy atom. The highest BCUT2D eigenvalue weighted by molar-refractivity contribution is 7.99. The lowest BCUT2D eigenvalue weighted by atomic mass is 10.2. The molecule has 0 aliphatic rings. The zero-order valence-electron chi connectivity index (χ0n) is 13.1. The second-order valence-electron chi connectivity index (χ2n) is 5.38. The van der Waals surface area contributed by atoms with E-state index in [9.17, 15) is 5.11 Å². The molecule has 0 amide bonds. The van der Waals surface area contributed by atoms with Gasteiger partial charge in [0.1, 0.15) is 11.4 Å². The first-order chi connectivity index (χ1) is 11.6. The fourth-order valence-electron chi connectivity index (χ4n) is 2.11. The van der Waals surface area contributed by atoms with Gasteiger partial charge in [0, 0.05) is 27.1 Å². The quantitative estimate of drug-likeness (QED) is 0.562. The van der Waals surface area contributed by atoms with Gasteiger partial charge in [-0.25, -0.2) is 0 Å². The molecule has 0 bridgehead atoms. The van der Waals surface area contributed by atoms with Gasteiger partial charge in [-0.05, 0) is 48.9 Å². The number of aromatic hydroxyl groups is 1. The van der Waals surface area contributed by atoms with Gasteiger partial charge >= 0.3 is 0 Å². The Kier molecular flexibility index (Phi) is 5.24. The summed E-state index contributed by atoms with van der Waals surface area (Å²) in [5.41, 5.74) is 2.73. The molecule has 0 fully saturated rings. The van der Waals surface area contributed by atoms with E-state index >= 15 is 0 Å². The van der Waals surface area contributed by atoms with Gasteiger partial charge in [-0.2, -0.15) is 0 Å². The van der Waals surface area contributed by atoms with Gasteiger partial charge in [-0.15, -0.1) is 0 Å². The van der Waals surface area contributed by atoms with E-state index in [1.54, 1.807) is 30.1 Å². The van der Waals surface area contributed by atoms with Crippen LogP contribution in [-0.4, -0.2) is 11.3 Å². The van der Waals surface area contributed by atoms with E-state index in [2.05, 4.69) is 48.3 Å². The van der Waals surface area contributed by atoms with Crippen molar-refractivity contribution < 1.29 is 5.11 Å². The predicted molar refractivity (Wildman–Crippen MR) is 102 cm³/mol. The number of benzene rings is 3. The zero-order valence-corrected chi connectivity index (χ0v) is 14.7. The lowest BCUT2D eigenvalue weighted by molar-refractivity contribution is 0.477. The summed E-state index contributed by atoms with van der Waals surface area (Å²) in [7, 11) is 0. The first-order valence-corrected chi connectivity index (χ1v) is 8.67. The molecule has 3 aromatic rings. The maximum atomic E-state index is 9.80. The molecular formula is C20H16ClNOS. The molecule has 0 saturated heterocycles. The van der Waals surface area contributed by atoms with Crippen molar-refractivity contribution in [2.45, 2.75) is 16.7 Å². The van der Waals surface area contributed by atoms with Crippen LogP contribution in [0, 0.1) is 6.92 Å². The van der Waals surface area contributed by atoms with Crippen LogP contribution in [0.5, 0.6) is 5.75 Å². The number of hydrogen-bond acceptors (Lipinski definition) is 3. The van der Waals surface area contributed by atoms with Crippen molar-refractivity contribution in [2.75, 3.05) is 0 Å². The maximum absolute atomic E-state index is 9.80. The van der Waals surface area contributed by atoms with E-state index in [1.807, 2.05) is 12.1 Å². The van der Waals surface area contributed by atoms with Crippen molar-refractivity contribution in [3.8, 4) is 5.75 Å². The van der Waals surface area contributed by atoms with Crippen molar-refractivity contribution in [1.82, 2.24) is 0 Å². The van der Waals surface area contributed by atoms with E-state index in [0.717, 1.165) is 5.56 Å². The van der Waals surface area contributed by atoms with Crippen LogP contribution in [0.2, 0.25) is 5.02 Å². The molecule has 4 heteroatoms. The maximum Gasteiger partial charge on any atom is 0.142 e. The van der Waals surface area contributed by atoms with Gasteiger partial charge in [0.25, 0.3) is 0 Å². The molecule has 0 unspecified atom stereocenters. The van der Waals surface area contributed by atoms with Crippen LogP contribution in [0.25, 0.3) is 0 Å². The van der Waals surface area contributed by atoms with Crippen LogP contribution in [0.3, 0.4) is 0 Å². The van der Waals surface area contributed by atoms with Crippen molar-refractivity contribution in [1.29, 1.82) is 0 Å². The van der Waals surface area contributed by atoms with Gasteiger partial charge < -0.3 is 5.11 Å². The molecule has 0 aliphatic carbocycles. The smallest absolute Gasteiger partial charge is 0.142 e. The molecule has 24 heavy (non-hydrogen) atoms. The number of aliphatic imine (C=N–C) groups is 1. The van der Waals surface area contributed by atoms with Crippen LogP contribution in [-0.2, 0) is 0 Å². The molecule has 0 atom stereocenters. The normalized spacial score (nSPS) is 11.1. The SMILES string of the molecule is Cc1ccc(Sc2ccc(C=Nc3ccc(Cl)cc3O)cc2)cc1. The summed E-state index contributed by atoms with van der Waals surface area (Å²) < 4.78 is 0. The largest absolute Gasteiger partial charge is 0.506 e. The summed E-state index contributed by atoms with van der Waals surface area (Å²) in [6, 6.07) is 21.5. The molecule has 120 valence electrons. The summed E-state index contributed by atoms with van der Waals surface area (Å²) in [4.78, 5) is 6.69. The minimum absolute atomic E-state index is 0.0743. The fourth-order valence-corrected chi connectivity index (χ4v) is 3.10. The summed E-state index contributed by atoms with van der Waals surface area (Å²) >= 11 is 7.54. The number of hydrogen-bond donors (Lipinski definition) is 1. The average molecular weight is 354 g/mol. The molecule has 0 saturated carbocycles. The standard InChI is InChI=1S/C20H16ClNOS/c1-14-2-7-17(8-3-14)24-18-9-4-15(5-10-18)13-22-19-11-6-16(21)12-20(19)23/h2-13,23H,1H3. The molecule has 1 N–H and O–H groups in total. The lowest BCUT2D eigenvalue weighted by Crippen LogP contribution is -1.81. The number of rotatable bonds is 4. The highest BCUT2D eigenvalue weighted by Crippen LogP contribution is 2.30. The van der Waals surface area contributed by atoms with Gasteiger partial charge in [0.2, 0.25) is 0 Å². The van der Waals surface area contributed by atoms with Crippen molar-refractivity contribution in [3.63, 3.8) is 0 Å². The molecular weight excluding hydrogens is 338 g/mol. The number of phenolic OH excluding ortho intramolecular Hbond substituents is 1. The second-order valence-corrected chi connectivity index (χ2v) is 6.96. The monoisotopic (exact) mass is 353 g/mol. The van der Waals surface area contributed by atoms with Crippen LogP contribution in [0.1, 0.15) is 11.1 Å². The van der Waals surface area contributed by atoms with Gasteiger partial charge in [-0.3, -0.25) is 4.99 Å². The Labute approximate surface area is 150 Å². The lowest BCUT2D eigenvalue weighted by Gasteiger charge is -2.03. The highest BCUT2D eigenvalue weighted by atomic mass is 35.5. The molecule has 0 radical (unpaired) electrons. The first kappa shape index (κ1) is 16.6. The van der Waals surface area contributed by atoms with E-state index in [1.165, 1.54) is 21.4 Å². The highest BCUT2D eigenvalue weighted by Gasteiger charge is 2.00. The Bertz CT molecular complexity index is 858. The minimum Gasteiger partial charge on any atom is -0.506 e. The Morgan fingerprint density at radius 1 is 0.917 bits per heavy atom. The molecule has 3 aromatic carbocycles. The summed E-state index contributed by atoms with van der Waals surface area (Å²) in [5, 5.41) is 10.3. The fraction of sp³-hybridized carbons (Fsp3) is 0.0500. The molecule has 2 nitrogen and oxygen atoms in total. The third kappa shape index (κ3) is 4.40. The third-order valence-electron chi connectivity index (χ3n) is 3.43. The van der Waals surface area contributed by atoms with E-state index in [0.29, 0.717) is 10.7 Å². The van der Waals surface area contributed by atoms with Crippen molar-refractivity contribution in [3.05, 3.63) is 82.9 Å². The molecule has 0 spiro atoms. The number of phenols is 1. The predicted octanol–water partition coefficient (Wildman–Crippen LogP) is 6.26. The summed E-state index contributed by atoms with van der Waals surface area (Å²) in [6.45, 7) is 2.08. The van der Waals surface area contributed by atoms with Gasteiger partial charge in [0.15, 0.2) is 0 Å². The Balaban J connectivity index is 1.70. The third-order valence-corrected chi connectivity index (χ3v) is 4.68. The van der Waals surface area contributed by atoms with Crippen LogP contribution in [0.15, 0.2) is 81.5 Å². The molecule has 3 rings (SSSR count). The first-order valence-electron chi connectivity index (χ1n) is 7.47. The summed E-state index contributed by atoms with van der Waals surface area (Å²) in [6.07, 6.45) is 1.73. The topological polar surface area (TPSA) is 32.6 Å². The van der Waals surface area contributed by atoms with Crippen LogP contribution < -0.4 is 0 Å². The number of nitrogens with zero attached hydrogens (tertiary/aromatic N) is 1. The van der Waals surface area contributed by atoms with E-state index in [4.69, 9.17) is 11.6 Å². The molecule has 0 aromatic heterocycles. The Morgan fingerprint density at radius 3 is 2.17 bits per heavy atom. The van der Waals surface area contributed by atoms with Crippen molar-refractivity contribution in [2.24, 2.45) is 4.99 Å². The number of aryl methyl sites for hydroxylation is 1.